The molecular formula is C22H16N4O5S2. The van der Waals surface area contributed by atoms with Crippen LogP contribution in [0, 0.1) is 10.1 Å². The molecule has 1 saturated heterocycles. The van der Waals surface area contributed by atoms with Crippen molar-refractivity contribution in [2.45, 2.75) is 0 Å². The normalized spacial score (nSPS) is 14.6. The Bertz CT molecular complexity index is 1300. The number of non-ortho nitro benzene ring substituents is 1. The number of thiocarbonyl (C=S) groups is 1. The van der Waals surface area contributed by atoms with Crippen LogP contribution in [0.15, 0.2) is 71.8 Å². The summed E-state index contributed by atoms with van der Waals surface area (Å²) in [6.45, 7) is 0. The number of nitro groups is 1. The maximum Gasteiger partial charge on any atom is 0.285 e. The summed E-state index contributed by atoms with van der Waals surface area (Å²) < 4.78 is 6.98. The minimum absolute atomic E-state index is 0.0419. The summed E-state index contributed by atoms with van der Waals surface area (Å²) in [5, 5.41) is 12.1. The maximum atomic E-state index is 12.9. The zero-order chi connectivity index (χ0) is 23.5. The number of methoxy groups -OCH3 is 1. The lowest BCUT2D eigenvalue weighted by Gasteiger charge is -2.15. The summed E-state index contributed by atoms with van der Waals surface area (Å²) in [7, 11) is 1.52. The number of carbonyl (C=O) groups excluding carboxylic acids is 2. The zero-order valence-electron chi connectivity index (χ0n) is 17.1. The van der Waals surface area contributed by atoms with Crippen molar-refractivity contribution in [3.8, 4) is 11.4 Å². The second-order valence-electron chi connectivity index (χ2n) is 6.77. The van der Waals surface area contributed by atoms with Crippen molar-refractivity contribution >= 4 is 51.9 Å². The molecule has 166 valence electrons. The molecular weight excluding hydrogens is 464 g/mol. The van der Waals surface area contributed by atoms with Crippen molar-refractivity contribution in [3.05, 3.63) is 93.1 Å². The molecule has 2 aromatic carbocycles. The van der Waals surface area contributed by atoms with E-state index in [0.717, 1.165) is 16.8 Å². The molecule has 0 atom stereocenters. The third kappa shape index (κ3) is 4.64. The van der Waals surface area contributed by atoms with Gasteiger partial charge >= 0.3 is 0 Å². The Balaban J connectivity index is 1.55. The highest BCUT2D eigenvalue weighted by atomic mass is 32.2. The first-order valence-corrected chi connectivity index (χ1v) is 10.7. The van der Waals surface area contributed by atoms with Crippen LogP contribution in [0.4, 0.5) is 5.69 Å². The molecule has 33 heavy (non-hydrogen) atoms. The van der Waals surface area contributed by atoms with Crippen LogP contribution in [-0.4, -0.2) is 37.7 Å². The number of thioether (sulfide) groups is 1. The van der Waals surface area contributed by atoms with Crippen molar-refractivity contribution in [2.75, 3.05) is 7.11 Å². The molecule has 1 aliphatic rings. The van der Waals surface area contributed by atoms with Gasteiger partial charge in [0.25, 0.3) is 17.5 Å². The molecule has 9 nitrogen and oxygen atoms in total. The fourth-order valence-corrected chi connectivity index (χ4v) is 4.27. The SMILES string of the molecule is COc1ccc(C(=O)NN2C(=O)/C(=C/c3cccn3-c3cccc([N+](=O)[O-])c3)SC2=S)cc1. The Labute approximate surface area is 197 Å². The lowest BCUT2D eigenvalue weighted by Crippen LogP contribution is -2.44. The van der Waals surface area contributed by atoms with Gasteiger partial charge < -0.3 is 9.30 Å². The Morgan fingerprint density at radius 2 is 1.94 bits per heavy atom. The number of ether oxygens (including phenoxy) is 1. The van der Waals surface area contributed by atoms with E-state index in [0.29, 0.717) is 27.6 Å². The summed E-state index contributed by atoms with van der Waals surface area (Å²) in [4.78, 5) is 36.4. The largest absolute Gasteiger partial charge is 0.497 e. The van der Waals surface area contributed by atoms with Crippen LogP contribution >= 0.6 is 24.0 Å². The van der Waals surface area contributed by atoms with Crippen molar-refractivity contribution < 1.29 is 19.2 Å². The van der Waals surface area contributed by atoms with Crippen LogP contribution in [0.1, 0.15) is 16.1 Å². The van der Waals surface area contributed by atoms with Gasteiger partial charge in [0.1, 0.15) is 5.75 Å². The second kappa shape index (κ2) is 9.27. The van der Waals surface area contributed by atoms with Gasteiger partial charge in [0, 0.05) is 29.6 Å². The first kappa shape index (κ1) is 22.2. The Morgan fingerprint density at radius 1 is 1.18 bits per heavy atom. The van der Waals surface area contributed by atoms with Gasteiger partial charge in [0.15, 0.2) is 4.32 Å². The summed E-state index contributed by atoms with van der Waals surface area (Å²) >= 11 is 6.33. The minimum Gasteiger partial charge on any atom is -0.497 e. The van der Waals surface area contributed by atoms with Gasteiger partial charge in [0.2, 0.25) is 0 Å². The molecule has 0 radical (unpaired) electrons. The number of nitrogens with zero attached hydrogens (tertiary/aromatic N) is 3. The van der Waals surface area contributed by atoms with Crippen molar-refractivity contribution in [1.82, 2.24) is 15.0 Å². The maximum absolute atomic E-state index is 12.9. The number of amides is 2. The van der Waals surface area contributed by atoms with Gasteiger partial charge in [-0.3, -0.25) is 25.1 Å². The molecule has 1 aromatic heterocycles. The van der Waals surface area contributed by atoms with E-state index < -0.39 is 16.7 Å². The predicted molar refractivity (Wildman–Crippen MR) is 128 cm³/mol. The number of benzene rings is 2. The van der Waals surface area contributed by atoms with E-state index in [2.05, 4.69) is 5.43 Å². The van der Waals surface area contributed by atoms with Crippen LogP contribution in [-0.2, 0) is 4.79 Å². The van der Waals surface area contributed by atoms with E-state index in [1.807, 2.05) is 0 Å². The lowest BCUT2D eigenvalue weighted by atomic mass is 10.2. The number of aromatic nitrogens is 1. The zero-order valence-corrected chi connectivity index (χ0v) is 18.8. The number of rotatable bonds is 6. The van der Waals surface area contributed by atoms with Crippen LogP contribution in [0.25, 0.3) is 11.8 Å². The monoisotopic (exact) mass is 480 g/mol. The fraction of sp³-hybridized carbons (Fsp3) is 0.0455. The number of carbonyl (C=O) groups is 2. The molecule has 1 aliphatic heterocycles. The molecule has 0 bridgehead atoms. The third-order valence-corrected chi connectivity index (χ3v) is 6.04. The molecule has 2 amide bonds. The topological polar surface area (TPSA) is 107 Å². The van der Waals surface area contributed by atoms with Crippen LogP contribution < -0.4 is 10.2 Å². The average Bonchev–Trinajstić information content (AvgIpc) is 3.39. The fourth-order valence-electron chi connectivity index (χ4n) is 3.11. The number of hydrogen-bond donors (Lipinski definition) is 1. The molecule has 0 spiro atoms. The third-order valence-electron chi connectivity index (χ3n) is 4.74. The quantitative estimate of drug-likeness (QED) is 0.246. The van der Waals surface area contributed by atoms with Gasteiger partial charge in [-0.1, -0.05) is 17.8 Å². The van der Waals surface area contributed by atoms with Gasteiger partial charge in [-0.05, 0) is 60.8 Å². The Hall–Kier alpha value is -3.96. The average molecular weight is 481 g/mol. The molecule has 1 N–H and O–H groups in total. The molecule has 1 fully saturated rings. The minimum atomic E-state index is -0.491. The second-order valence-corrected chi connectivity index (χ2v) is 8.44. The van der Waals surface area contributed by atoms with E-state index in [4.69, 9.17) is 17.0 Å². The molecule has 0 aliphatic carbocycles. The molecule has 3 aromatic rings. The van der Waals surface area contributed by atoms with Gasteiger partial charge in [-0.25, -0.2) is 0 Å². The van der Waals surface area contributed by atoms with Crippen LogP contribution in [0.3, 0.4) is 0 Å². The first-order valence-electron chi connectivity index (χ1n) is 9.52. The molecule has 0 saturated carbocycles. The summed E-state index contributed by atoms with van der Waals surface area (Å²) in [5.74, 6) is -0.360. The number of nitrogens with one attached hydrogen (secondary N) is 1. The Kier molecular flexibility index (Phi) is 6.24. The number of hydrazine groups is 1. The predicted octanol–water partition coefficient (Wildman–Crippen LogP) is 3.94. The van der Waals surface area contributed by atoms with Crippen LogP contribution in [0.5, 0.6) is 5.75 Å². The first-order chi connectivity index (χ1) is 15.9. The van der Waals surface area contributed by atoms with E-state index >= 15 is 0 Å². The van der Waals surface area contributed by atoms with Crippen LogP contribution in [0.2, 0.25) is 0 Å². The summed E-state index contributed by atoms with van der Waals surface area (Å²) in [5.41, 5.74) is 4.02. The van der Waals surface area contributed by atoms with Gasteiger partial charge in [-0.15, -0.1) is 0 Å². The van der Waals surface area contributed by atoms with Gasteiger partial charge in [0.05, 0.1) is 22.6 Å². The van der Waals surface area contributed by atoms with E-state index in [-0.39, 0.29) is 10.0 Å². The standard InChI is InChI=1S/C22H16N4O5S2/c1-31-18-9-7-14(8-10-18)20(27)23-25-21(28)19(33-22(25)32)13-16-6-3-11-24(16)15-4-2-5-17(12-15)26(29)30/h2-13H,1H3,(H,23,27)/b19-13-. The molecule has 2 heterocycles. The Morgan fingerprint density at radius 3 is 2.64 bits per heavy atom. The van der Waals surface area contributed by atoms with Gasteiger partial charge in [-0.2, -0.15) is 5.01 Å². The van der Waals surface area contributed by atoms with Crippen molar-refractivity contribution in [1.29, 1.82) is 0 Å². The highest BCUT2D eigenvalue weighted by Gasteiger charge is 2.34. The van der Waals surface area contributed by atoms with E-state index in [1.165, 1.54) is 19.2 Å². The molecule has 4 rings (SSSR count). The smallest absolute Gasteiger partial charge is 0.285 e. The lowest BCUT2D eigenvalue weighted by molar-refractivity contribution is -0.384. The van der Waals surface area contributed by atoms with E-state index in [1.54, 1.807) is 65.4 Å². The number of hydrogen-bond acceptors (Lipinski definition) is 7. The summed E-state index contributed by atoms with van der Waals surface area (Å²) in [6.07, 6.45) is 3.36. The number of nitro benzene ring substituents is 1. The molecule has 0 unspecified atom stereocenters. The van der Waals surface area contributed by atoms with E-state index in [9.17, 15) is 19.7 Å². The van der Waals surface area contributed by atoms with Crippen molar-refractivity contribution in [2.24, 2.45) is 0 Å². The highest BCUT2D eigenvalue weighted by molar-refractivity contribution is 8.26. The highest BCUT2D eigenvalue weighted by Crippen LogP contribution is 2.32. The van der Waals surface area contributed by atoms with Crippen molar-refractivity contribution in [3.63, 3.8) is 0 Å². The summed E-state index contributed by atoms with van der Waals surface area (Å²) in [6, 6.07) is 16.1. The molecule has 11 heteroatoms.